The molecule has 2 aromatic rings. The molecule has 2 heterocycles. The van der Waals surface area contributed by atoms with E-state index in [4.69, 9.17) is 4.98 Å². The van der Waals surface area contributed by atoms with Crippen LogP contribution in [0.2, 0.25) is 0 Å². The Labute approximate surface area is 134 Å². The summed E-state index contributed by atoms with van der Waals surface area (Å²) in [5, 5.41) is 4.10. The quantitative estimate of drug-likeness (QED) is 0.922. The zero-order chi connectivity index (χ0) is 15.5. The lowest BCUT2D eigenvalue weighted by atomic mass is 10.0. The number of aryl methyl sites for hydroxylation is 4. The topological polar surface area (TPSA) is 59.8 Å². The number of hydrogen-bond donors (Lipinski definition) is 1. The Morgan fingerprint density at radius 3 is 3.00 bits per heavy atom. The summed E-state index contributed by atoms with van der Waals surface area (Å²) in [5.74, 6) is 1.00. The normalized spacial score (nSPS) is 15.4. The Kier molecular flexibility index (Phi) is 4.57. The molecule has 1 aliphatic rings. The molecule has 0 fully saturated rings. The van der Waals surface area contributed by atoms with Gasteiger partial charge in [-0.1, -0.05) is 0 Å². The molecule has 0 radical (unpaired) electrons. The number of imidazole rings is 1. The first-order valence-corrected chi connectivity index (χ1v) is 8.70. The Balaban J connectivity index is 1.54. The van der Waals surface area contributed by atoms with Crippen molar-refractivity contribution in [1.29, 1.82) is 0 Å². The summed E-state index contributed by atoms with van der Waals surface area (Å²) >= 11 is 1.76. The molecule has 0 spiro atoms. The van der Waals surface area contributed by atoms with E-state index in [1.807, 2.05) is 24.6 Å². The molecule has 0 aromatic carbocycles. The number of nitrogens with zero attached hydrogens (tertiary/aromatic N) is 3. The van der Waals surface area contributed by atoms with Gasteiger partial charge in [-0.15, -0.1) is 11.3 Å². The van der Waals surface area contributed by atoms with Crippen molar-refractivity contribution in [1.82, 2.24) is 19.9 Å². The summed E-state index contributed by atoms with van der Waals surface area (Å²) in [7, 11) is 0. The van der Waals surface area contributed by atoms with E-state index in [0.717, 1.165) is 23.7 Å². The second-order valence-electron chi connectivity index (χ2n) is 5.84. The molecule has 2 aromatic heterocycles. The highest BCUT2D eigenvalue weighted by Crippen LogP contribution is 2.29. The van der Waals surface area contributed by atoms with Gasteiger partial charge in [-0.2, -0.15) is 0 Å². The van der Waals surface area contributed by atoms with E-state index in [1.54, 1.807) is 17.5 Å². The maximum atomic E-state index is 12.1. The van der Waals surface area contributed by atoms with Crippen LogP contribution in [-0.2, 0) is 24.2 Å². The molecule has 0 saturated heterocycles. The molecule has 0 unspecified atom stereocenters. The number of amides is 1. The SMILES string of the molecule is Cc1nccn1CCC(=O)N[C@@H](C)c1nc2c(s1)CCCC2. The highest BCUT2D eigenvalue weighted by molar-refractivity contribution is 7.11. The predicted molar refractivity (Wildman–Crippen MR) is 86.9 cm³/mol. The number of aromatic nitrogens is 3. The third kappa shape index (κ3) is 3.38. The standard InChI is InChI=1S/C16H22N4OS/c1-11(16-19-13-5-3-4-6-14(13)22-16)18-15(21)7-9-20-10-8-17-12(20)2/h8,10-11H,3-7,9H2,1-2H3,(H,18,21)/t11-/m0/s1. The minimum atomic E-state index is -0.00742. The Morgan fingerprint density at radius 1 is 1.45 bits per heavy atom. The molecule has 5 nitrogen and oxygen atoms in total. The van der Waals surface area contributed by atoms with Crippen LogP contribution in [0.4, 0.5) is 0 Å². The molecule has 118 valence electrons. The summed E-state index contributed by atoms with van der Waals surface area (Å²) in [6, 6.07) is -0.00742. The van der Waals surface area contributed by atoms with Gasteiger partial charge in [-0.25, -0.2) is 9.97 Å². The number of rotatable bonds is 5. The number of hydrogen-bond acceptors (Lipinski definition) is 4. The first-order chi connectivity index (χ1) is 10.6. The van der Waals surface area contributed by atoms with Crippen molar-refractivity contribution < 1.29 is 4.79 Å². The van der Waals surface area contributed by atoms with Crippen molar-refractivity contribution in [3.63, 3.8) is 0 Å². The Morgan fingerprint density at radius 2 is 2.27 bits per heavy atom. The van der Waals surface area contributed by atoms with Crippen LogP contribution in [-0.4, -0.2) is 20.4 Å². The van der Waals surface area contributed by atoms with Crippen molar-refractivity contribution in [2.24, 2.45) is 0 Å². The molecule has 22 heavy (non-hydrogen) atoms. The maximum Gasteiger partial charge on any atom is 0.222 e. The van der Waals surface area contributed by atoms with Crippen LogP contribution in [0.15, 0.2) is 12.4 Å². The summed E-state index contributed by atoms with van der Waals surface area (Å²) in [5.41, 5.74) is 1.25. The van der Waals surface area contributed by atoms with Crippen LogP contribution in [0.5, 0.6) is 0 Å². The van der Waals surface area contributed by atoms with Gasteiger partial charge in [0.1, 0.15) is 10.8 Å². The lowest BCUT2D eigenvalue weighted by Crippen LogP contribution is -2.27. The number of fused-ring (bicyclic) bond motifs is 1. The minimum Gasteiger partial charge on any atom is -0.347 e. The van der Waals surface area contributed by atoms with Crippen molar-refractivity contribution in [2.45, 2.75) is 58.5 Å². The average Bonchev–Trinajstić information content (AvgIpc) is 3.11. The highest BCUT2D eigenvalue weighted by Gasteiger charge is 2.19. The molecule has 1 amide bonds. The molecule has 1 aliphatic carbocycles. The molecular weight excluding hydrogens is 296 g/mol. The smallest absolute Gasteiger partial charge is 0.222 e. The lowest BCUT2D eigenvalue weighted by Gasteiger charge is -2.11. The summed E-state index contributed by atoms with van der Waals surface area (Å²) in [6.45, 7) is 4.63. The highest BCUT2D eigenvalue weighted by atomic mass is 32.1. The van der Waals surface area contributed by atoms with Gasteiger partial charge >= 0.3 is 0 Å². The van der Waals surface area contributed by atoms with E-state index in [2.05, 4.69) is 10.3 Å². The first-order valence-electron chi connectivity index (χ1n) is 7.89. The number of thiazole rings is 1. The van der Waals surface area contributed by atoms with E-state index >= 15 is 0 Å². The second kappa shape index (κ2) is 6.60. The van der Waals surface area contributed by atoms with E-state index in [-0.39, 0.29) is 11.9 Å². The summed E-state index contributed by atoms with van der Waals surface area (Å²) < 4.78 is 1.99. The third-order valence-electron chi connectivity index (χ3n) is 4.11. The molecule has 6 heteroatoms. The largest absolute Gasteiger partial charge is 0.347 e. The molecule has 3 rings (SSSR count). The fraction of sp³-hybridized carbons (Fsp3) is 0.562. The van der Waals surface area contributed by atoms with Gasteiger partial charge in [0.2, 0.25) is 5.91 Å². The van der Waals surface area contributed by atoms with Gasteiger partial charge in [-0.05, 0) is 39.5 Å². The zero-order valence-electron chi connectivity index (χ0n) is 13.1. The van der Waals surface area contributed by atoms with Crippen LogP contribution in [0, 0.1) is 6.92 Å². The van der Waals surface area contributed by atoms with Crippen molar-refractivity contribution in [2.75, 3.05) is 0 Å². The van der Waals surface area contributed by atoms with Gasteiger partial charge in [0, 0.05) is 30.2 Å². The van der Waals surface area contributed by atoms with Crippen LogP contribution in [0.3, 0.4) is 0 Å². The minimum absolute atomic E-state index is 0.00742. The van der Waals surface area contributed by atoms with Gasteiger partial charge in [0.15, 0.2) is 0 Å². The summed E-state index contributed by atoms with van der Waals surface area (Å²) in [4.78, 5) is 22.4. The fourth-order valence-corrected chi connectivity index (χ4v) is 3.95. The molecule has 0 aliphatic heterocycles. The molecule has 0 saturated carbocycles. The van der Waals surface area contributed by atoms with Gasteiger partial charge in [0.25, 0.3) is 0 Å². The lowest BCUT2D eigenvalue weighted by molar-refractivity contribution is -0.121. The zero-order valence-corrected chi connectivity index (χ0v) is 13.9. The van der Waals surface area contributed by atoms with Crippen molar-refractivity contribution in [3.05, 3.63) is 33.8 Å². The molecular formula is C16H22N4OS. The first kappa shape index (κ1) is 15.2. The number of carbonyl (C=O) groups is 1. The summed E-state index contributed by atoms with van der Waals surface area (Å²) in [6.07, 6.45) is 8.87. The number of nitrogens with one attached hydrogen (secondary N) is 1. The molecule has 1 atom stereocenters. The molecule has 0 bridgehead atoms. The fourth-order valence-electron chi connectivity index (χ4n) is 2.79. The maximum absolute atomic E-state index is 12.1. The van der Waals surface area contributed by atoms with Gasteiger partial charge in [0.05, 0.1) is 11.7 Å². The predicted octanol–water partition coefficient (Wildman–Crippen LogP) is 2.79. The van der Waals surface area contributed by atoms with Crippen LogP contribution < -0.4 is 5.32 Å². The van der Waals surface area contributed by atoms with Crippen molar-refractivity contribution in [3.8, 4) is 0 Å². The van der Waals surface area contributed by atoms with E-state index in [0.29, 0.717) is 13.0 Å². The van der Waals surface area contributed by atoms with E-state index < -0.39 is 0 Å². The van der Waals surface area contributed by atoms with E-state index in [1.165, 1.54) is 23.4 Å². The average molecular weight is 318 g/mol. The third-order valence-corrected chi connectivity index (χ3v) is 5.45. The Hall–Kier alpha value is -1.69. The molecule has 1 N–H and O–H groups in total. The van der Waals surface area contributed by atoms with Crippen molar-refractivity contribution >= 4 is 17.2 Å². The Bertz CT molecular complexity index is 637. The van der Waals surface area contributed by atoms with Crippen LogP contribution in [0.1, 0.15) is 53.6 Å². The van der Waals surface area contributed by atoms with E-state index in [9.17, 15) is 4.79 Å². The van der Waals surface area contributed by atoms with Gasteiger partial charge in [-0.3, -0.25) is 4.79 Å². The van der Waals surface area contributed by atoms with Crippen LogP contribution >= 0.6 is 11.3 Å². The monoisotopic (exact) mass is 318 g/mol. The second-order valence-corrected chi connectivity index (χ2v) is 6.95. The number of carbonyl (C=O) groups excluding carboxylic acids is 1. The van der Waals surface area contributed by atoms with Gasteiger partial charge < -0.3 is 9.88 Å². The van der Waals surface area contributed by atoms with Crippen LogP contribution in [0.25, 0.3) is 0 Å².